The van der Waals surface area contributed by atoms with Gasteiger partial charge in [-0.05, 0) is 51.1 Å². The SMILES string of the molecule is Cc1cc(C)c(NC(=O)CN(C)CC(=O)Nc2ccc3c(c2)OC(F)(F)O3)c(C)c1. The van der Waals surface area contributed by atoms with Gasteiger partial charge in [-0.3, -0.25) is 14.5 Å². The molecule has 0 bridgehead atoms. The van der Waals surface area contributed by atoms with Crippen LogP contribution < -0.4 is 20.1 Å². The molecule has 0 atom stereocenters. The summed E-state index contributed by atoms with van der Waals surface area (Å²) in [6.45, 7) is 5.78. The third-order valence-corrected chi connectivity index (χ3v) is 4.45. The molecule has 2 aromatic carbocycles. The minimum atomic E-state index is -3.72. The van der Waals surface area contributed by atoms with Crippen LogP contribution in [0.4, 0.5) is 20.2 Å². The van der Waals surface area contributed by atoms with Crippen molar-refractivity contribution in [3.05, 3.63) is 47.0 Å². The van der Waals surface area contributed by atoms with Crippen molar-refractivity contribution in [3.8, 4) is 11.5 Å². The first-order valence-electron chi connectivity index (χ1n) is 9.28. The average Bonchev–Trinajstić information content (AvgIpc) is 2.90. The van der Waals surface area contributed by atoms with Crippen LogP contribution in [-0.2, 0) is 9.59 Å². The maximum absolute atomic E-state index is 13.1. The second-order valence-corrected chi connectivity index (χ2v) is 7.37. The van der Waals surface area contributed by atoms with Crippen LogP contribution in [0.1, 0.15) is 16.7 Å². The van der Waals surface area contributed by atoms with Crippen LogP contribution in [-0.4, -0.2) is 43.1 Å². The Morgan fingerprint density at radius 2 is 1.50 bits per heavy atom. The molecule has 0 aliphatic carbocycles. The summed E-state index contributed by atoms with van der Waals surface area (Å²) < 4.78 is 34.8. The van der Waals surface area contributed by atoms with Crippen LogP contribution in [0.15, 0.2) is 30.3 Å². The van der Waals surface area contributed by atoms with Crippen molar-refractivity contribution in [1.29, 1.82) is 0 Å². The standard InChI is InChI=1S/C21H23F2N3O4/c1-12-7-13(2)20(14(3)8-12)25-19(28)11-26(4)10-18(27)24-15-5-6-16-17(9-15)30-21(22,23)29-16/h5-9H,10-11H2,1-4H3,(H,24,27)(H,25,28). The van der Waals surface area contributed by atoms with Gasteiger partial charge in [-0.25, -0.2) is 0 Å². The molecule has 0 radical (unpaired) electrons. The first kappa shape index (κ1) is 21.5. The normalized spacial score (nSPS) is 14.0. The van der Waals surface area contributed by atoms with Gasteiger partial charge in [0.05, 0.1) is 13.1 Å². The lowest BCUT2D eigenvalue weighted by Gasteiger charge is -2.18. The number of hydrogen-bond acceptors (Lipinski definition) is 5. The van der Waals surface area contributed by atoms with Gasteiger partial charge < -0.3 is 20.1 Å². The largest absolute Gasteiger partial charge is 0.586 e. The molecular weight excluding hydrogens is 396 g/mol. The Bertz CT molecular complexity index is 971. The van der Waals surface area contributed by atoms with E-state index in [0.717, 1.165) is 22.4 Å². The molecule has 2 aromatic rings. The zero-order valence-electron chi connectivity index (χ0n) is 17.1. The topological polar surface area (TPSA) is 79.9 Å². The van der Waals surface area contributed by atoms with Gasteiger partial charge >= 0.3 is 6.29 Å². The molecule has 0 spiro atoms. The maximum atomic E-state index is 13.1. The van der Waals surface area contributed by atoms with Gasteiger partial charge in [0.15, 0.2) is 11.5 Å². The maximum Gasteiger partial charge on any atom is 0.586 e. The lowest BCUT2D eigenvalue weighted by atomic mass is 10.1. The molecule has 1 heterocycles. The summed E-state index contributed by atoms with van der Waals surface area (Å²) in [6, 6.07) is 7.94. The molecule has 30 heavy (non-hydrogen) atoms. The van der Waals surface area contributed by atoms with E-state index in [2.05, 4.69) is 20.1 Å². The van der Waals surface area contributed by atoms with E-state index in [1.165, 1.54) is 18.2 Å². The number of carbonyl (C=O) groups excluding carboxylic acids is 2. The Labute approximate surface area is 173 Å². The molecule has 0 fully saturated rings. The average molecular weight is 419 g/mol. The van der Waals surface area contributed by atoms with Crippen molar-refractivity contribution >= 4 is 23.2 Å². The van der Waals surface area contributed by atoms with Crippen molar-refractivity contribution in [1.82, 2.24) is 4.90 Å². The second kappa shape index (κ2) is 8.27. The van der Waals surface area contributed by atoms with Crippen LogP contribution in [0.5, 0.6) is 11.5 Å². The minimum Gasteiger partial charge on any atom is -0.395 e. The molecule has 7 nitrogen and oxygen atoms in total. The van der Waals surface area contributed by atoms with E-state index in [1.807, 2.05) is 32.9 Å². The van der Waals surface area contributed by atoms with E-state index >= 15 is 0 Å². The lowest BCUT2D eigenvalue weighted by molar-refractivity contribution is -0.286. The number of aryl methyl sites for hydroxylation is 3. The summed E-state index contributed by atoms with van der Waals surface area (Å²) in [5.41, 5.74) is 4.10. The van der Waals surface area contributed by atoms with E-state index < -0.39 is 12.2 Å². The number of rotatable bonds is 6. The molecule has 160 valence electrons. The Hall–Kier alpha value is -3.20. The number of benzene rings is 2. The van der Waals surface area contributed by atoms with Crippen LogP contribution in [0.25, 0.3) is 0 Å². The van der Waals surface area contributed by atoms with Gasteiger partial charge in [0.25, 0.3) is 0 Å². The second-order valence-electron chi connectivity index (χ2n) is 7.37. The number of amides is 2. The highest BCUT2D eigenvalue weighted by Gasteiger charge is 2.43. The molecule has 2 N–H and O–H groups in total. The molecule has 0 saturated heterocycles. The predicted octanol–water partition coefficient (Wildman–Crippen LogP) is 3.44. The highest BCUT2D eigenvalue weighted by molar-refractivity contribution is 5.95. The van der Waals surface area contributed by atoms with Crippen LogP contribution in [0.3, 0.4) is 0 Å². The summed E-state index contributed by atoms with van der Waals surface area (Å²) in [7, 11) is 1.63. The van der Waals surface area contributed by atoms with E-state index in [1.54, 1.807) is 11.9 Å². The first-order valence-corrected chi connectivity index (χ1v) is 9.28. The van der Waals surface area contributed by atoms with Gasteiger partial charge in [-0.15, -0.1) is 8.78 Å². The monoisotopic (exact) mass is 419 g/mol. The number of anilines is 2. The van der Waals surface area contributed by atoms with Gasteiger partial charge in [-0.1, -0.05) is 17.7 Å². The van der Waals surface area contributed by atoms with Gasteiger partial charge in [0.2, 0.25) is 11.8 Å². The van der Waals surface area contributed by atoms with Gasteiger partial charge in [0.1, 0.15) is 0 Å². The van der Waals surface area contributed by atoms with Crippen molar-refractivity contribution in [2.45, 2.75) is 27.1 Å². The Kier molecular flexibility index (Phi) is 5.93. The highest BCUT2D eigenvalue weighted by Crippen LogP contribution is 2.42. The number of nitrogens with zero attached hydrogens (tertiary/aromatic N) is 1. The quantitative estimate of drug-likeness (QED) is 0.750. The van der Waals surface area contributed by atoms with Crippen LogP contribution >= 0.6 is 0 Å². The molecule has 1 aliphatic rings. The van der Waals surface area contributed by atoms with Crippen molar-refractivity contribution < 1.29 is 27.8 Å². The zero-order valence-corrected chi connectivity index (χ0v) is 17.1. The molecule has 1 aliphatic heterocycles. The van der Waals surface area contributed by atoms with Gasteiger partial charge in [-0.2, -0.15) is 0 Å². The van der Waals surface area contributed by atoms with E-state index in [0.29, 0.717) is 0 Å². The smallest absolute Gasteiger partial charge is 0.395 e. The number of ether oxygens (including phenoxy) is 2. The fourth-order valence-corrected chi connectivity index (χ4v) is 3.33. The van der Waals surface area contributed by atoms with E-state index in [-0.39, 0.29) is 36.2 Å². The zero-order chi connectivity index (χ0) is 22.1. The molecular formula is C21H23F2N3O4. The van der Waals surface area contributed by atoms with Gasteiger partial charge in [0, 0.05) is 17.4 Å². The third-order valence-electron chi connectivity index (χ3n) is 4.45. The number of halogens is 2. The summed E-state index contributed by atoms with van der Waals surface area (Å²) >= 11 is 0. The summed E-state index contributed by atoms with van der Waals surface area (Å²) in [5.74, 6) is -0.910. The number of alkyl halides is 2. The molecule has 0 aromatic heterocycles. The molecule has 2 amide bonds. The predicted molar refractivity (Wildman–Crippen MR) is 108 cm³/mol. The highest BCUT2D eigenvalue weighted by atomic mass is 19.3. The van der Waals surface area contributed by atoms with Crippen molar-refractivity contribution in [3.63, 3.8) is 0 Å². The van der Waals surface area contributed by atoms with Crippen LogP contribution in [0.2, 0.25) is 0 Å². The minimum absolute atomic E-state index is 0.00748. The lowest BCUT2D eigenvalue weighted by Crippen LogP contribution is -2.36. The molecule has 3 rings (SSSR count). The van der Waals surface area contributed by atoms with Crippen molar-refractivity contribution in [2.24, 2.45) is 0 Å². The fraction of sp³-hybridized carbons (Fsp3) is 0.333. The van der Waals surface area contributed by atoms with E-state index in [9.17, 15) is 18.4 Å². The number of hydrogen-bond donors (Lipinski definition) is 2. The number of nitrogens with one attached hydrogen (secondary N) is 2. The van der Waals surface area contributed by atoms with Crippen LogP contribution in [0, 0.1) is 20.8 Å². The number of carbonyl (C=O) groups is 2. The van der Waals surface area contributed by atoms with E-state index in [4.69, 9.17) is 0 Å². The Morgan fingerprint density at radius 3 is 2.13 bits per heavy atom. The third kappa shape index (κ3) is 5.24. The number of likely N-dealkylation sites (N-methyl/N-ethyl adjacent to an activating group) is 1. The Balaban J connectivity index is 1.52. The summed E-state index contributed by atoms with van der Waals surface area (Å²) in [6.07, 6.45) is -3.72. The Morgan fingerprint density at radius 1 is 0.933 bits per heavy atom. The number of fused-ring (bicyclic) bond motifs is 1. The summed E-state index contributed by atoms with van der Waals surface area (Å²) in [5, 5.41) is 5.47. The molecule has 0 unspecified atom stereocenters. The fourth-order valence-electron chi connectivity index (χ4n) is 3.33. The molecule has 9 heteroatoms. The first-order chi connectivity index (χ1) is 14.0. The molecule has 0 saturated carbocycles. The summed E-state index contributed by atoms with van der Waals surface area (Å²) in [4.78, 5) is 26.1. The van der Waals surface area contributed by atoms with Crippen molar-refractivity contribution in [2.75, 3.05) is 30.8 Å².